The van der Waals surface area contributed by atoms with Crippen LogP contribution in [0, 0.1) is 0 Å². The number of fused-ring (bicyclic) bond motifs is 1. The molecule has 3 rings (SSSR count). The lowest BCUT2D eigenvalue weighted by Gasteiger charge is -2.19. The number of H-pyrrole nitrogens is 1. The predicted molar refractivity (Wildman–Crippen MR) is 107 cm³/mol. The van der Waals surface area contributed by atoms with Crippen molar-refractivity contribution in [2.75, 3.05) is 7.05 Å². The Balaban J connectivity index is 1.68. The molecule has 2 aromatic rings. The fourth-order valence-electron chi connectivity index (χ4n) is 3.68. The molecule has 0 bridgehead atoms. The van der Waals surface area contributed by atoms with Gasteiger partial charge >= 0.3 is 0 Å². The second kappa shape index (κ2) is 8.26. The highest BCUT2D eigenvalue weighted by molar-refractivity contribution is 5.94. The van der Waals surface area contributed by atoms with Crippen LogP contribution in [0.5, 0.6) is 0 Å². The van der Waals surface area contributed by atoms with Gasteiger partial charge in [0.2, 0.25) is 0 Å². The van der Waals surface area contributed by atoms with E-state index in [4.69, 9.17) is 0 Å². The number of carbonyl (C=O) groups is 1. The summed E-state index contributed by atoms with van der Waals surface area (Å²) >= 11 is 0. The van der Waals surface area contributed by atoms with Crippen molar-refractivity contribution in [3.05, 3.63) is 52.3 Å². The van der Waals surface area contributed by atoms with Gasteiger partial charge in [-0.15, -0.1) is 0 Å². The van der Waals surface area contributed by atoms with E-state index in [1.807, 2.05) is 45.2 Å². The van der Waals surface area contributed by atoms with Crippen molar-refractivity contribution in [2.24, 2.45) is 0 Å². The summed E-state index contributed by atoms with van der Waals surface area (Å²) in [6, 6.07) is 7.73. The molecular formula is C22H31N3O2. The molecule has 0 aliphatic heterocycles. The molecule has 2 N–H and O–H groups in total. The molecule has 0 spiro atoms. The number of aromatic nitrogens is 2. The number of aliphatic hydroxyl groups is 1. The van der Waals surface area contributed by atoms with Crippen LogP contribution in [0.25, 0.3) is 0 Å². The molecule has 1 aromatic heterocycles. The number of aryl methyl sites for hydroxylation is 2. The molecule has 1 amide bonds. The summed E-state index contributed by atoms with van der Waals surface area (Å²) in [7, 11) is 1.84. The van der Waals surface area contributed by atoms with Crippen molar-refractivity contribution in [1.29, 1.82) is 0 Å². The Labute approximate surface area is 161 Å². The van der Waals surface area contributed by atoms with E-state index < -0.39 is 5.60 Å². The number of nitrogens with zero attached hydrogens (tertiary/aromatic N) is 2. The molecule has 5 heteroatoms. The summed E-state index contributed by atoms with van der Waals surface area (Å²) in [6.07, 6.45) is 7.19. The van der Waals surface area contributed by atoms with Crippen LogP contribution >= 0.6 is 0 Å². The number of hydrogen-bond donors (Lipinski definition) is 2. The lowest BCUT2D eigenvalue weighted by Crippen LogP contribution is -2.27. The maximum atomic E-state index is 12.9. The van der Waals surface area contributed by atoms with Crippen LogP contribution < -0.4 is 0 Å². The van der Waals surface area contributed by atoms with Gasteiger partial charge in [0.05, 0.1) is 17.8 Å². The van der Waals surface area contributed by atoms with E-state index in [0.29, 0.717) is 18.5 Å². The van der Waals surface area contributed by atoms with Gasteiger partial charge in [0.1, 0.15) is 0 Å². The monoisotopic (exact) mass is 369 g/mol. The Morgan fingerprint density at radius 3 is 2.81 bits per heavy atom. The molecule has 1 aromatic carbocycles. The summed E-state index contributed by atoms with van der Waals surface area (Å²) < 4.78 is 0. The van der Waals surface area contributed by atoms with E-state index in [9.17, 15) is 9.90 Å². The van der Waals surface area contributed by atoms with Gasteiger partial charge in [0, 0.05) is 18.3 Å². The molecular weight excluding hydrogens is 338 g/mol. The quantitative estimate of drug-likeness (QED) is 0.764. The molecule has 0 radical (unpaired) electrons. The Morgan fingerprint density at radius 1 is 1.26 bits per heavy atom. The van der Waals surface area contributed by atoms with E-state index in [0.717, 1.165) is 30.5 Å². The summed E-state index contributed by atoms with van der Waals surface area (Å²) in [5, 5.41) is 17.6. The summed E-state index contributed by atoms with van der Waals surface area (Å²) in [4.78, 5) is 14.6. The van der Waals surface area contributed by atoms with Crippen LogP contribution in [-0.4, -0.2) is 38.8 Å². The highest BCUT2D eigenvalue weighted by Gasteiger charge is 2.20. The Hall–Kier alpha value is -2.14. The van der Waals surface area contributed by atoms with Gasteiger partial charge in [-0.25, -0.2) is 0 Å². The molecule has 27 heavy (non-hydrogen) atoms. The first-order valence-electron chi connectivity index (χ1n) is 9.95. The minimum Gasteiger partial charge on any atom is -0.390 e. The molecule has 1 heterocycles. The van der Waals surface area contributed by atoms with Crippen molar-refractivity contribution in [1.82, 2.24) is 15.1 Å². The zero-order valence-electron chi connectivity index (χ0n) is 16.7. The van der Waals surface area contributed by atoms with Crippen molar-refractivity contribution >= 4 is 5.91 Å². The van der Waals surface area contributed by atoms with Gasteiger partial charge < -0.3 is 10.0 Å². The first kappa shape index (κ1) is 19.6. The van der Waals surface area contributed by atoms with Crippen molar-refractivity contribution < 1.29 is 9.90 Å². The zero-order valence-corrected chi connectivity index (χ0v) is 16.7. The van der Waals surface area contributed by atoms with Crippen LogP contribution in [0.3, 0.4) is 0 Å². The maximum absolute atomic E-state index is 12.9. The second-order valence-electron chi connectivity index (χ2n) is 8.36. The standard InChI is InChI=1S/C22H31N3O2/c1-22(2,27)13-12-16-8-7-9-17(14-16)21(26)25(3)15-20-18-10-5-4-6-11-19(18)23-24-20/h7-9,14,27H,4-6,10-13,15H2,1-3H3,(H,23,24). The van der Waals surface area contributed by atoms with Gasteiger partial charge in [0.15, 0.2) is 0 Å². The van der Waals surface area contributed by atoms with Crippen LogP contribution in [0.15, 0.2) is 24.3 Å². The van der Waals surface area contributed by atoms with Crippen molar-refractivity contribution in [2.45, 2.75) is 70.9 Å². The lowest BCUT2D eigenvalue weighted by atomic mass is 9.97. The molecule has 1 aliphatic carbocycles. The SMILES string of the molecule is CN(Cc1n[nH]c2c1CCCCC2)C(=O)c1cccc(CCC(C)(C)O)c1. The summed E-state index contributed by atoms with van der Waals surface area (Å²) in [5.74, 6) is 0.00507. The van der Waals surface area contributed by atoms with Gasteiger partial charge in [-0.1, -0.05) is 18.6 Å². The fourth-order valence-corrected chi connectivity index (χ4v) is 3.68. The van der Waals surface area contributed by atoms with E-state index >= 15 is 0 Å². The Morgan fingerprint density at radius 2 is 2.04 bits per heavy atom. The number of rotatable bonds is 6. The molecule has 5 nitrogen and oxygen atoms in total. The number of benzene rings is 1. The van der Waals surface area contributed by atoms with Gasteiger partial charge in [-0.2, -0.15) is 5.10 Å². The molecule has 0 saturated carbocycles. The predicted octanol–water partition coefficient (Wildman–Crippen LogP) is 3.65. The molecule has 0 saturated heterocycles. The number of aromatic amines is 1. The molecule has 0 fully saturated rings. The van der Waals surface area contributed by atoms with E-state index in [-0.39, 0.29) is 5.91 Å². The highest BCUT2D eigenvalue weighted by atomic mass is 16.3. The van der Waals surface area contributed by atoms with Gasteiger partial charge in [-0.3, -0.25) is 9.89 Å². The largest absolute Gasteiger partial charge is 0.390 e. The molecule has 1 aliphatic rings. The normalized spacial score (nSPS) is 14.5. The van der Waals surface area contributed by atoms with Gasteiger partial charge in [0.25, 0.3) is 5.91 Å². The van der Waals surface area contributed by atoms with Crippen LogP contribution in [0.2, 0.25) is 0 Å². The fraction of sp³-hybridized carbons (Fsp3) is 0.545. The van der Waals surface area contributed by atoms with E-state index in [2.05, 4.69) is 10.2 Å². The highest BCUT2D eigenvalue weighted by Crippen LogP contribution is 2.23. The Kier molecular flexibility index (Phi) is 6.00. The minimum atomic E-state index is -0.700. The second-order valence-corrected chi connectivity index (χ2v) is 8.36. The number of amides is 1. The number of hydrogen-bond acceptors (Lipinski definition) is 3. The summed E-state index contributed by atoms with van der Waals surface area (Å²) in [5.41, 5.74) is 4.62. The van der Waals surface area contributed by atoms with Crippen molar-refractivity contribution in [3.63, 3.8) is 0 Å². The topological polar surface area (TPSA) is 69.2 Å². The first-order chi connectivity index (χ1) is 12.8. The number of carbonyl (C=O) groups excluding carboxylic acids is 1. The van der Waals surface area contributed by atoms with Crippen molar-refractivity contribution in [3.8, 4) is 0 Å². The molecule has 0 unspecified atom stereocenters. The third-order valence-corrected chi connectivity index (χ3v) is 5.33. The zero-order chi connectivity index (χ0) is 19.4. The molecule has 0 atom stereocenters. The lowest BCUT2D eigenvalue weighted by molar-refractivity contribution is 0.0714. The average molecular weight is 370 g/mol. The summed E-state index contributed by atoms with van der Waals surface area (Å²) in [6.45, 7) is 4.14. The Bertz CT molecular complexity index is 789. The van der Waals surface area contributed by atoms with E-state index in [1.165, 1.54) is 30.5 Å². The third kappa shape index (κ3) is 5.19. The first-order valence-corrected chi connectivity index (χ1v) is 9.95. The van der Waals surface area contributed by atoms with Gasteiger partial charge in [-0.05, 0) is 75.6 Å². The maximum Gasteiger partial charge on any atom is 0.253 e. The van der Waals surface area contributed by atoms with Crippen LogP contribution in [0.4, 0.5) is 0 Å². The van der Waals surface area contributed by atoms with E-state index in [1.54, 1.807) is 4.90 Å². The average Bonchev–Trinajstić information content (AvgIpc) is 2.85. The number of nitrogens with one attached hydrogen (secondary N) is 1. The smallest absolute Gasteiger partial charge is 0.253 e. The van der Waals surface area contributed by atoms with Crippen LogP contribution in [-0.2, 0) is 25.8 Å². The molecule has 146 valence electrons. The van der Waals surface area contributed by atoms with Crippen LogP contribution in [0.1, 0.15) is 72.4 Å². The third-order valence-electron chi connectivity index (χ3n) is 5.33. The minimum absolute atomic E-state index is 0.00507.